The van der Waals surface area contributed by atoms with Crippen LogP contribution >= 0.6 is 11.3 Å². The number of carbonyl (C=O) groups is 2. The van der Waals surface area contributed by atoms with Crippen LogP contribution in [-0.4, -0.2) is 35.0 Å². The molecule has 1 fully saturated rings. The quantitative estimate of drug-likeness (QED) is 0.727. The first-order chi connectivity index (χ1) is 12.5. The Morgan fingerprint density at radius 2 is 2.15 bits per heavy atom. The zero-order valence-corrected chi connectivity index (χ0v) is 15.6. The van der Waals surface area contributed by atoms with E-state index in [1.54, 1.807) is 25.6 Å². The van der Waals surface area contributed by atoms with Crippen LogP contribution in [0.1, 0.15) is 46.6 Å². The molecule has 3 rings (SSSR count). The number of hydrogen-bond acceptors (Lipinski definition) is 6. The molecule has 0 aliphatic heterocycles. The summed E-state index contributed by atoms with van der Waals surface area (Å²) >= 11 is 1.35. The van der Waals surface area contributed by atoms with Gasteiger partial charge in [0.15, 0.2) is 5.78 Å². The van der Waals surface area contributed by atoms with Crippen molar-refractivity contribution in [3.8, 4) is 5.75 Å². The van der Waals surface area contributed by atoms with Gasteiger partial charge in [-0.3, -0.25) is 14.6 Å². The molecule has 7 heteroatoms. The molecule has 1 saturated carbocycles. The first-order valence-electron chi connectivity index (χ1n) is 8.51. The van der Waals surface area contributed by atoms with Crippen molar-refractivity contribution in [2.45, 2.75) is 38.3 Å². The van der Waals surface area contributed by atoms with Gasteiger partial charge in [0.2, 0.25) is 5.91 Å². The molecule has 1 aliphatic carbocycles. The minimum absolute atomic E-state index is 0.00504. The molecule has 0 unspecified atom stereocenters. The number of thiophene rings is 1. The molecule has 2 heterocycles. The Bertz CT molecular complexity index is 798. The molecule has 0 spiro atoms. The molecule has 2 aromatic rings. The average molecular weight is 374 g/mol. The summed E-state index contributed by atoms with van der Waals surface area (Å²) in [6.45, 7) is 1.52. The van der Waals surface area contributed by atoms with E-state index in [9.17, 15) is 14.7 Å². The number of aromatic nitrogens is 1. The van der Waals surface area contributed by atoms with Crippen LogP contribution in [0.3, 0.4) is 0 Å². The van der Waals surface area contributed by atoms with Crippen LogP contribution in [0.4, 0.5) is 0 Å². The molecule has 26 heavy (non-hydrogen) atoms. The number of ketones is 1. The number of Topliss-reactive ketones (excluding diaryl/α,β-unsaturated/α-hetero) is 1. The van der Waals surface area contributed by atoms with Gasteiger partial charge in [0.05, 0.1) is 36.8 Å². The van der Waals surface area contributed by atoms with Gasteiger partial charge in [-0.1, -0.05) is 0 Å². The molecule has 2 N–H and O–H groups in total. The van der Waals surface area contributed by atoms with Gasteiger partial charge in [-0.2, -0.15) is 0 Å². The Balaban J connectivity index is 1.72. The second-order valence-electron chi connectivity index (χ2n) is 6.64. The van der Waals surface area contributed by atoms with Gasteiger partial charge in [0.1, 0.15) is 5.75 Å². The van der Waals surface area contributed by atoms with Gasteiger partial charge in [-0.15, -0.1) is 11.3 Å². The van der Waals surface area contributed by atoms with Crippen LogP contribution < -0.4 is 10.1 Å². The second kappa shape index (κ2) is 7.97. The molecule has 0 aromatic carbocycles. The molecule has 2 aromatic heterocycles. The lowest BCUT2D eigenvalue weighted by Crippen LogP contribution is -2.41. The number of nitrogens with one attached hydrogen (secondary N) is 1. The highest BCUT2D eigenvalue weighted by Crippen LogP contribution is 2.38. The second-order valence-corrected chi connectivity index (χ2v) is 7.55. The average Bonchev–Trinajstić information content (AvgIpc) is 3.06. The lowest BCUT2D eigenvalue weighted by Gasteiger charge is -2.38. The minimum Gasteiger partial charge on any atom is -0.495 e. The Kier molecular flexibility index (Phi) is 5.68. The maximum absolute atomic E-state index is 12.6. The largest absolute Gasteiger partial charge is 0.495 e. The summed E-state index contributed by atoms with van der Waals surface area (Å²) in [7, 11) is 1.57. The first kappa shape index (κ1) is 18.5. The van der Waals surface area contributed by atoms with Gasteiger partial charge in [-0.05, 0) is 54.3 Å². The minimum atomic E-state index is -0.312. The Morgan fingerprint density at radius 3 is 2.77 bits per heavy atom. The van der Waals surface area contributed by atoms with Crippen molar-refractivity contribution in [3.63, 3.8) is 0 Å². The van der Waals surface area contributed by atoms with E-state index >= 15 is 0 Å². The van der Waals surface area contributed by atoms with Gasteiger partial charge < -0.3 is 15.2 Å². The van der Waals surface area contributed by atoms with Crippen LogP contribution in [-0.2, 0) is 11.2 Å². The van der Waals surface area contributed by atoms with Crippen LogP contribution in [0, 0.1) is 5.92 Å². The molecule has 1 amide bonds. The molecule has 0 bridgehead atoms. The van der Waals surface area contributed by atoms with Crippen molar-refractivity contribution < 1.29 is 19.4 Å². The SMILES string of the molecule is COc1cncc([C@@H](NC(=O)Cc2csc(C(C)=O)c2)C2CC(O)C2)c1. The highest BCUT2D eigenvalue weighted by molar-refractivity contribution is 7.12. The first-order valence-corrected chi connectivity index (χ1v) is 9.39. The zero-order chi connectivity index (χ0) is 18.7. The van der Waals surface area contributed by atoms with E-state index in [0.717, 1.165) is 11.1 Å². The molecule has 0 saturated heterocycles. The summed E-state index contributed by atoms with van der Waals surface area (Å²) in [5.74, 6) is 0.682. The fourth-order valence-corrected chi connectivity index (χ4v) is 3.97. The van der Waals surface area contributed by atoms with Crippen molar-refractivity contribution in [1.82, 2.24) is 10.3 Å². The van der Waals surface area contributed by atoms with E-state index < -0.39 is 0 Å². The van der Waals surface area contributed by atoms with Gasteiger partial charge in [0, 0.05) is 6.20 Å². The molecular formula is C19H22N2O4S. The van der Waals surface area contributed by atoms with Crippen molar-refractivity contribution >= 4 is 23.0 Å². The third kappa shape index (κ3) is 4.28. The van der Waals surface area contributed by atoms with E-state index in [1.807, 2.05) is 11.4 Å². The fraction of sp³-hybridized carbons (Fsp3) is 0.421. The van der Waals surface area contributed by atoms with Crippen LogP contribution in [0.25, 0.3) is 0 Å². The third-order valence-electron chi connectivity index (χ3n) is 4.63. The summed E-state index contributed by atoms with van der Waals surface area (Å²) in [6.07, 6.45) is 4.54. The monoisotopic (exact) mass is 374 g/mol. The summed E-state index contributed by atoms with van der Waals surface area (Å²) in [5.41, 5.74) is 1.69. The van der Waals surface area contributed by atoms with Gasteiger partial charge >= 0.3 is 0 Å². The number of ether oxygens (including phenoxy) is 1. The Morgan fingerprint density at radius 1 is 1.38 bits per heavy atom. The number of hydrogen-bond donors (Lipinski definition) is 2. The third-order valence-corrected chi connectivity index (χ3v) is 5.71. The smallest absolute Gasteiger partial charge is 0.224 e. The molecule has 0 radical (unpaired) electrons. The number of aliphatic hydroxyl groups is 1. The summed E-state index contributed by atoms with van der Waals surface area (Å²) < 4.78 is 5.23. The maximum Gasteiger partial charge on any atom is 0.224 e. The number of aliphatic hydroxyl groups excluding tert-OH is 1. The number of methoxy groups -OCH3 is 1. The van der Waals surface area contributed by atoms with E-state index in [2.05, 4.69) is 10.3 Å². The van der Waals surface area contributed by atoms with Crippen molar-refractivity contribution in [2.24, 2.45) is 5.92 Å². The van der Waals surface area contributed by atoms with Gasteiger partial charge in [0.25, 0.3) is 0 Å². The number of amides is 1. The lowest BCUT2D eigenvalue weighted by molar-refractivity contribution is -0.122. The summed E-state index contributed by atoms with van der Waals surface area (Å²) in [6, 6.07) is 3.41. The Labute approximate surface area is 156 Å². The number of carbonyl (C=O) groups excluding carboxylic acids is 2. The maximum atomic E-state index is 12.6. The van der Waals surface area contributed by atoms with Crippen molar-refractivity contribution in [1.29, 1.82) is 0 Å². The van der Waals surface area contributed by atoms with E-state index in [-0.39, 0.29) is 36.2 Å². The Hall–Kier alpha value is -2.25. The molecule has 1 aliphatic rings. The van der Waals surface area contributed by atoms with Crippen molar-refractivity contribution in [3.05, 3.63) is 45.9 Å². The predicted molar refractivity (Wildman–Crippen MR) is 98.4 cm³/mol. The molecule has 6 nitrogen and oxygen atoms in total. The van der Waals surface area contributed by atoms with Crippen LogP contribution in [0.2, 0.25) is 0 Å². The fourth-order valence-electron chi connectivity index (χ4n) is 3.16. The molecule has 1 atom stereocenters. The van der Waals surface area contributed by atoms with Gasteiger partial charge in [-0.25, -0.2) is 0 Å². The standard InChI is InChI=1S/C19H22N2O4S/c1-11(22)17-3-12(10-26-17)4-18(24)21-19(13-5-15(23)6-13)14-7-16(25-2)9-20-8-14/h3,7-10,13,15,19,23H,4-6H2,1-2H3,(H,21,24)/t13?,15?,19-/m0/s1. The van der Waals surface area contributed by atoms with Crippen LogP contribution in [0.5, 0.6) is 5.75 Å². The normalized spacial score (nSPS) is 20.1. The molecular weight excluding hydrogens is 352 g/mol. The van der Waals surface area contributed by atoms with Crippen molar-refractivity contribution in [2.75, 3.05) is 7.11 Å². The predicted octanol–water partition coefficient (Wildman–Crippen LogP) is 2.53. The van der Waals surface area contributed by atoms with E-state index in [1.165, 1.54) is 18.3 Å². The number of rotatable bonds is 7. The number of pyridine rings is 1. The highest BCUT2D eigenvalue weighted by atomic mass is 32.1. The van der Waals surface area contributed by atoms with E-state index in [4.69, 9.17) is 4.74 Å². The number of nitrogens with zero attached hydrogens (tertiary/aromatic N) is 1. The zero-order valence-electron chi connectivity index (χ0n) is 14.8. The van der Waals surface area contributed by atoms with E-state index in [0.29, 0.717) is 23.5 Å². The summed E-state index contributed by atoms with van der Waals surface area (Å²) in [4.78, 5) is 28.8. The van der Waals surface area contributed by atoms with Crippen LogP contribution in [0.15, 0.2) is 29.9 Å². The highest BCUT2D eigenvalue weighted by Gasteiger charge is 2.36. The molecule has 138 valence electrons. The topological polar surface area (TPSA) is 88.5 Å². The summed E-state index contributed by atoms with van der Waals surface area (Å²) in [5, 5.41) is 14.6. The lowest BCUT2D eigenvalue weighted by atomic mass is 9.75.